The summed E-state index contributed by atoms with van der Waals surface area (Å²) in [5.41, 5.74) is 3.86. The largest absolute Gasteiger partial charge is 0.438 e. The summed E-state index contributed by atoms with van der Waals surface area (Å²) in [5.74, 6) is 0.498. The Hall–Kier alpha value is -1.10. The fourth-order valence-corrected chi connectivity index (χ4v) is 2.43. The maximum atomic E-state index is 11.8. The van der Waals surface area contributed by atoms with Crippen molar-refractivity contribution in [1.29, 1.82) is 0 Å². The van der Waals surface area contributed by atoms with Gasteiger partial charge in [0.25, 0.3) is 0 Å². The number of allylic oxidation sites excluding steroid dienone is 2. The SMILES string of the molecule is CC1=C(C)OC(=O)N(c2c(Cl)cc(Cl)cc2Cl)N1. The van der Waals surface area contributed by atoms with Crippen molar-refractivity contribution in [2.24, 2.45) is 0 Å². The minimum Gasteiger partial charge on any atom is -0.412 e. The number of rotatable bonds is 1. The fraction of sp³-hybridized carbons (Fsp3) is 0.182. The van der Waals surface area contributed by atoms with E-state index in [2.05, 4.69) is 5.43 Å². The summed E-state index contributed by atoms with van der Waals surface area (Å²) < 4.78 is 5.06. The Labute approximate surface area is 119 Å². The highest BCUT2D eigenvalue weighted by Gasteiger charge is 2.28. The van der Waals surface area contributed by atoms with Gasteiger partial charge in [0.05, 0.1) is 15.7 Å². The van der Waals surface area contributed by atoms with Crippen LogP contribution in [0.4, 0.5) is 10.5 Å². The first kappa shape index (κ1) is 13.3. The number of ether oxygens (including phenoxy) is 1. The summed E-state index contributed by atoms with van der Waals surface area (Å²) in [6.07, 6.45) is -0.607. The maximum Gasteiger partial charge on any atom is 0.438 e. The molecule has 0 spiro atoms. The van der Waals surface area contributed by atoms with Gasteiger partial charge in [-0.2, -0.15) is 5.01 Å². The molecule has 7 heteroatoms. The van der Waals surface area contributed by atoms with Crippen molar-refractivity contribution in [2.75, 3.05) is 5.01 Å². The Morgan fingerprint density at radius 2 is 1.72 bits per heavy atom. The molecule has 0 atom stereocenters. The molecule has 1 aliphatic rings. The lowest BCUT2D eigenvalue weighted by atomic mass is 10.3. The van der Waals surface area contributed by atoms with Gasteiger partial charge >= 0.3 is 6.09 Å². The Bertz CT molecular complexity index is 534. The van der Waals surface area contributed by atoms with Crippen LogP contribution in [0.3, 0.4) is 0 Å². The van der Waals surface area contributed by atoms with Crippen molar-refractivity contribution in [1.82, 2.24) is 5.43 Å². The zero-order valence-electron chi connectivity index (χ0n) is 9.55. The molecule has 0 saturated heterocycles. The van der Waals surface area contributed by atoms with Crippen LogP contribution in [0.25, 0.3) is 0 Å². The smallest absolute Gasteiger partial charge is 0.412 e. The molecule has 1 amide bonds. The first-order valence-corrected chi connectivity index (χ1v) is 6.14. The molecule has 1 aromatic rings. The lowest BCUT2D eigenvalue weighted by molar-refractivity contribution is 0.173. The number of nitrogens with zero attached hydrogens (tertiary/aromatic N) is 1. The molecule has 1 N–H and O–H groups in total. The van der Waals surface area contributed by atoms with E-state index in [4.69, 9.17) is 39.5 Å². The van der Waals surface area contributed by atoms with Crippen molar-refractivity contribution in [3.8, 4) is 0 Å². The van der Waals surface area contributed by atoms with Gasteiger partial charge in [-0.1, -0.05) is 34.8 Å². The van der Waals surface area contributed by atoms with E-state index in [0.717, 1.165) is 5.01 Å². The zero-order valence-corrected chi connectivity index (χ0v) is 11.8. The Balaban J connectivity index is 2.48. The monoisotopic (exact) mass is 306 g/mol. The van der Waals surface area contributed by atoms with Gasteiger partial charge < -0.3 is 4.74 Å². The molecule has 0 bridgehead atoms. The van der Waals surface area contributed by atoms with Crippen LogP contribution >= 0.6 is 34.8 Å². The molecule has 0 fully saturated rings. The highest BCUT2D eigenvalue weighted by molar-refractivity contribution is 6.42. The van der Waals surface area contributed by atoms with Crippen LogP contribution in [0.2, 0.25) is 15.1 Å². The van der Waals surface area contributed by atoms with Gasteiger partial charge in [-0.15, -0.1) is 0 Å². The molecule has 96 valence electrons. The number of carbonyl (C=O) groups is 1. The summed E-state index contributed by atoms with van der Waals surface area (Å²) in [7, 11) is 0. The first-order chi connectivity index (χ1) is 8.40. The van der Waals surface area contributed by atoms with E-state index in [-0.39, 0.29) is 10.0 Å². The number of nitrogens with one attached hydrogen (secondary N) is 1. The summed E-state index contributed by atoms with van der Waals surface area (Å²) >= 11 is 17.9. The van der Waals surface area contributed by atoms with Gasteiger partial charge in [0.15, 0.2) is 0 Å². The number of anilines is 1. The number of hydrogen-bond donors (Lipinski definition) is 1. The molecule has 4 nitrogen and oxygen atoms in total. The van der Waals surface area contributed by atoms with Gasteiger partial charge in [0.1, 0.15) is 11.4 Å². The van der Waals surface area contributed by atoms with Crippen LogP contribution < -0.4 is 10.4 Å². The van der Waals surface area contributed by atoms with Crippen LogP contribution in [0.15, 0.2) is 23.6 Å². The first-order valence-electron chi connectivity index (χ1n) is 5.00. The average Bonchev–Trinajstić information content (AvgIpc) is 2.24. The Morgan fingerprint density at radius 1 is 1.17 bits per heavy atom. The number of benzene rings is 1. The predicted molar refractivity (Wildman–Crippen MR) is 71.9 cm³/mol. The van der Waals surface area contributed by atoms with Crippen molar-refractivity contribution in [2.45, 2.75) is 13.8 Å². The molecule has 1 aliphatic heterocycles. The topological polar surface area (TPSA) is 41.6 Å². The molecule has 0 saturated carbocycles. The highest BCUT2D eigenvalue weighted by Crippen LogP contribution is 2.37. The lowest BCUT2D eigenvalue weighted by Gasteiger charge is -2.30. The number of cyclic esters (lactones) is 1. The molecule has 0 aromatic heterocycles. The van der Waals surface area contributed by atoms with Gasteiger partial charge in [-0.05, 0) is 26.0 Å². The summed E-state index contributed by atoms with van der Waals surface area (Å²) in [5, 5.41) is 2.04. The predicted octanol–water partition coefficient (Wildman–Crippen LogP) is 4.36. The second kappa shape index (κ2) is 4.88. The number of hydrazine groups is 1. The van der Waals surface area contributed by atoms with Crippen molar-refractivity contribution in [3.63, 3.8) is 0 Å². The Kier molecular flexibility index (Phi) is 3.61. The molecular formula is C11H9Cl3N2O2. The number of halogens is 3. The van der Waals surface area contributed by atoms with Crippen LogP contribution in [0, 0.1) is 0 Å². The van der Waals surface area contributed by atoms with Crippen molar-refractivity contribution < 1.29 is 9.53 Å². The lowest BCUT2D eigenvalue weighted by Crippen LogP contribution is -2.46. The average molecular weight is 308 g/mol. The van der Waals surface area contributed by atoms with Gasteiger partial charge in [0.2, 0.25) is 0 Å². The second-order valence-electron chi connectivity index (χ2n) is 3.71. The zero-order chi connectivity index (χ0) is 13.4. The number of hydrogen-bond acceptors (Lipinski definition) is 3. The van der Waals surface area contributed by atoms with Crippen LogP contribution in [-0.2, 0) is 4.74 Å². The Morgan fingerprint density at radius 3 is 2.28 bits per heavy atom. The molecule has 18 heavy (non-hydrogen) atoms. The summed E-state index contributed by atoms with van der Waals surface area (Å²) in [4.78, 5) is 11.8. The third-order valence-corrected chi connectivity index (χ3v) is 3.23. The standard InChI is InChI=1S/C11H9Cl3N2O2/c1-5-6(2)18-11(17)16(15-5)10-8(13)3-7(12)4-9(10)14/h3-4,15H,1-2H3. The molecular weight excluding hydrogens is 298 g/mol. The summed E-state index contributed by atoms with van der Waals surface area (Å²) in [6.45, 7) is 3.45. The minimum absolute atomic E-state index is 0.254. The van der Waals surface area contributed by atoms with E-state index in [1.165, 1.54) is 12.1 Å². The molecule has 0 radical (unpaired) electrons. The number of amides is 1. The molecule has 0 unspecified atom stereocenters. The van der Waals surface area contributed by atoms with E-state index in [1.807, 2.05) is 0 Å². The van der Waals surface area contributed by atoms with Gasteiger partial charge in [0, 0.05) is 5.02 Å². The highest BCUT2D eigenvalue weighted by atomic mass is 35.5. The van der Waals surface area contributed by atoms with Crippen LogP contribution in [0.1, 0.15) is 13.8 Å². The molecule has 2 rings (SSSR count). The fourth-order valence-electron chi connectivity index (χ4n) is 1.44. The van der Waals surface area contributed by atoms with Gasteiger partial charge in [-0.3, -0.25) is 5.43 Å². The van der Waals surface area contributed by atoms with Crippen molar-refractivity contribution in [3.05, 3.63) is 38.7 Å². The normalized spacial score (nSPS) is 15.6. The van der Waals surface area contributed by atoms with E-state index in [0.29, 0.717) is 22.2 Å². The van der Waals surface area contributed by atoms with E-state index < -0.39 is 6.09 Å². The van der Waals surface area contributed by atoms with E-state index >= 15 is 0 Å². The van der Waals surface area contributed by atoms with Crippen LogP contribution in [0.5, 0.6) is 0 Å². The summed E-state index contributed by atoms with van der Waals surface area (Å²) in [6, 6.07) is 3.00. The maximum absolute atomic E-state index is 11.8. The second-order valence-corrected chi connectivity index (χ2v) is 4.97. The van der Waals surface area contributed by atoms with Gasteiger partial charge in [-0.25, -0.2) is 4.79 Å². The third kappa shape index (κ3) is 2.36. The molecule has 0 aliphatic carbocycles. The van der Waals surface area contributed by atoms with E-state index in [1.54, 1.807) is 13.8 Å². The number of carbonyl (C=O) groups excluding carboxylic acids is 1. The molecule has 1 aromatic carbocycles. The van der Waals surface area contributed by atoms with E-state index in [9.17, 15) is 4.79 Å². The third-order valence-electron chi connectivity index (χ3n) is 2.44. The quantitative estimate of drug-likeness (QED) is 0.838. The minimum atomic E-state index is -0.607. The van der Waals surface area contributed by atoms with Crippen molar-refractivity contribution >= 4 is 46.6 Å². The van der Waals surface area contributed by atoms with Crippen LogP contribution in [-0.4, -0.2) is 6.09 Å². The molecule has 1 heterocycles.